The number of rotatable bonds is 3. The lowest BCUT2D eigenvalue weighted by Gasteiger charge is -2.12. The van der Waals surface area contributed by atoms with Crippen molar-refractivity contribution in [2.75, 3.05) is 5.32 Å². The highest BCUT2D eigenvalue weighted by Gasteiger charge is 2.19. The van der Waals surface area contributed by atoms with Gasteiger partial charge in [-0.3, -0.25) is 14.9 Å². The van der Waals surface area contributed by atoms with Crippen LogP contribution in [0.2, 0.25) is 0 Å². The topological polar surface area (TPSA) is 59.3 Å². The number of carbonyl (C=O) groups excluding carboxylic acids is 1. The Balaban J connectivity index is 1.96. The summed E-state index contributed by atoms with van der Waals surface area (Å²) in [6.45, 7) is 1.87. The SMILES string of the molecule is Cc1cccc2c(=O)c(-c3ccccc3)c(NC(=O)c3cccs3)oc12. The number of anilines is 1. The predicted molar refractivity (Wildman–Crippen MR) is 105 cm³/mol. The molecular formula is C21H15NO3S. The average Bonchev–Trinajstić information content (AvgIpc) is 3.18. The molecule has 4 aromatic rings. The second-order valence-corrected chi connectivity index (χ2v) is 6.83. The molecule has 4 nitrogen and oxygen atoms in total. The second-order valence-electron chi connectivity index (χ2n) is 5.88. The first-order chi connectivity index (χ1) is 12.6. The monoisotopic (exact) mass is 361 g/mol. The molecule has 0 aliphatic heterocycles. The molecule has 5 heteroatoms. The van der Waals surface area contributed by atoms with Gasteiger partial charge < -0.3 is 4.42 Å². The third-order valence-electron chi connectivity index (χ3n) is 4.15. The molecule has 0 unspecified atom stereocenters. The van der Waals surface area contributed by atoms with Crippen molar-refractivity contribution in [1.82, 2.24) is 0 Å². The molecule has 0 atom stereocenters. The van der Waals surface area contributed by atoms with Gasteiger partial charge in [0.25, 0.3) is 5.91 Å². The molecule has 1 amide bonds. The number of benzene rings is 2. The summed E-state index contributed by atoms with van der Waals surface area (Å²) in [5.41, 5.74) is 2.21. The van der Waals surface area contributed by atoms with E-state index in [1.54, 1.807) is 18.2 Å². The standard InChI is InChI=1S/C21H15NO3S/c1-13-7-5-10-15-18(23)17(14-8-3-2-4-9-14)21(25-19(13)15)22-20(24)16-11-6-12-26-16/h2-12H,1H3,(H,22,24). The molecule has 0 fully saturated rings. The van der Waals surface area contributed by atoms with Crippen LogP contribution in [0.5, 0.6) is 0 Å². The number of hydrogen-bond donors (Lipinski definition) is 1. The molecule has 2 heterocycles. The maximum Gasteiger partial charge on any atom is 0.268 e. The zero-order valence-corrected chi connectivity index (χ0v) is 14.8. The maximum absolute atomic E-state index is 13.2. The highest BCUT2D eigenvalue weighted by atomic mass is 32.1. The van der Waals surface area contributed by atoms with Crippen molar-refractivity contribution >= 4 is 34.1 Å². The van der Waals surface area contributed by atoms with Crippen molar-refractivity contribution < 1.29 is 9.21 Å². The summed E-state index contributed by atoms with van der Waals surface area (Å²) in [7, 11) is 0. The quantitative estimate of drug-likeness (QED) is 0.553. The van der Waals surface area contributed by atoms with Gasteiger partial charge in [-0.25, -0.2) is 0 Å². The zero-order chi connectivity index (χ0) is 18.1. The number of aryl methyl sites for hydroxylation is 1. The first-order valence-electron chi connectivity index (χ1n) is 8.12. The molecule has 0 saturated heterocycles. The summed E-state index contributed by atoms with van der Waals surface area (Å²) in [6, 6.07) is 18.2. The summed E-state index contributed by atoms with van der Waals surface area (Å²) in [4.78, 5) is 26.2. The summed E-state index contributed by atoms with van der Waals surface area (Å²) < 4.78 is 6.00. The third-order valence-corrected chi connectivity index (χ3v) is 5.02. The Labute approximate surface area is 153 Å². The molecule has 0 spiro atoms. The Hall–Kier alpha value is -3.18. The van der Waals surface area contributed by atoms with Crippen LogP contribution in [0, 0.1) is 6.92 Å². The normalized spacial score (nSPS) is 10.8. The van der Waals surface area contributed by atoms with E-state index in [4.69, 9.17) is 4.42 Å². The van der Waals surface area contributed by atoms with E-state index in [-0.39, 0.29) is 17.2 Å². The van der Waals surface area contributed by atoms with E-state index in [2.05, 4.69) is 5.32 Å². The highest BCUT2D eigenvalue weighted by Crippen LogP contribution is 2.30. The fraction of sp³-hybridized carbons (Fsp3) is 0.0476. The second kappa shape index (κ2) is 6.61. The first kappa shape index (κ1) is 16.3. The lowest BCUT2D eigenvalue weighted by atomic mass is 10.0. The number of carbonyl (C=O) groups is 1. The number of fused-ring (bicyclic) bond motifs is 1. The van der Waals surface area contributed by atoms with E-state index in [0.717, 1.165) is 5.56 Å². The smallest absolute Gasteiger partial charge is 0.268 e. The van der Waals surface area contributed by atoms with Gasteiger partial charge in [-0.1, -0.05) is 48.5 Å². The fourth-order valence-electron chi connectivity index (χ4n) is 2.89. The summed E-state index contributed by atoms with van der Waals surface area (Å²) >= 11 is 1.33. The van der Waals surface area contributed by atoms with E-state index in [9.17, 15) is 9.59 Å². The van der Waals surface area contributed by atoms with Crippen molar-refractivity contribution in [2.24, 2.45) is 0 Å². The van der Waals surface area contributed by atoms with E-state index in [1.165, 1.54) is 11.3 Å². The summed E-state index contributed by atoms with van der Waals surface area (Å²) in [6.07, 6.45) is 0. The van der Waals surface area contributed by atoms with Crippen LogP contribution in [0.4, 0.5) is 5.88 Å². The van der Waals surface area contributed by atoms with Crippen LogP contribution in [-0.2, 0) is 0 Å². The molecule has 128 valence electrons. The van der Waals surface area contributed by atoms with Crippen LogP contribution in [0.1, 0.15) is 15.2 Å². The Morgan fingerprint density at radius 2 is 1.81 bits per heavy atom. The molecule has 1 N–H and O–H groups in total. The van der Waals surface area contributed by atoms with Gasteiger partial charge in [-0.05, 0) is 35.6 Å². The molecular weight excluding hydrogens is 346 g/mol. The Morgan fingerprint density at radius 1 is 1.00 bits per heavy atom. The molecule has 0 radical (unpaired) electrons. The largest absolute Gasteiger partial charge is 0.439 e. The van der Waals surface area contributed by atoms with Gasteiger partial charge in [-0.15, -0.1) is 11.3 Å². The van der Waals surface area contributed by atoms with Gasteiger partial charge in [0.05, 0.1) is 15.8 Å². The van der Waals surface area contributed by atoms with E-state index in [1.807, 2.05) is 54.8 Å². The van der Waals surface area contributed by atoms with Gasteiger partial charge in [-0.2, -0.15) is 0 Å². The molecule has 26 heavy (non-hydrogen) atoms. The van der Waals surface area contributed by atoms with Gasteiger partial charge in [0.1, 0.15) is 5.58 Å². The maximum atomic E-state index is 13.2. The number of thiophene rings is 1. The number of para-hydroxylation sites is 1. The number of nitrogens with one attached hydrogen (secondary N) is 1. The van der Waals surface area contributed by atoms with Crippen LogP contribution >= 0.6 is 11.3 Å². The van der Waals surface area contributed by atoms with Gasteiger partial charge >= 0.3 is 0 Å². The number of amides is 1. The minimum atomic E-state index is -0.298. The first-order valence-corrected chi connectivity index (χ1v) is 9.00. The van der Waals surface area contributed by atoms with Crippen molar-refractivity contribution in [2.45, 2.75) is 6.92 Å². The molecule has 2 aromatic heterocycles. The van der Waals surface area contributed by atoms with Crippen LogP contribution in [0.3, 0.4) is 0 Å². The van der Waals surface area contributed by atoms with Crippen molar-refractivity contribution in [1.29, 1.82) is 0 Å². The Bertz CT molecular complexity index is 1150. The number of hydrogen-bond acceptors (Lipinski definition) is 4. The highest BCUT2D eigenvalue weighted by molar-refractivity contribution is 7.12. The van der Waals surface area contributed by atoms with Gasteiger partial charge in [0.15, 0.2) is 0 Å². The van der Waals surface area contributed by atoms with Crippen LogP contribution in [0.15, 0.2) is 75.3 Å². The van der Waals surface area contributed by atoms with Crippen LogP contribution in [-0.4, -0.2) is 5.91 Å². The predicted octanol–water partition coefficient (Wildman–Crippen LogP) is 5.08. The van der Waals surface area contributed by atoms with Crippen LogP contribution < -0.4 is 10.7 Å². The molecule has 0 saturated carbocycles. The lowest BCUT2D eigenvalue weighted by Crippen LogP contribution is -2.15. The van der Waals surface area contributed by atoms with Gasteiger partial charge in [0, 0.05) is 0 Å². The van der Waals surface area contributed by atoms with Crippen LogP contribution in [0.25, 0.3) is 22.1 Å². The van der Waals surface area contributed by atoms with Gasteiger partial charge in [0.2, 0.25) is 11.3 Å². The molecule has 4 rings (SSSR count). The Morgan fingerprint density at radius 3 is 2.54 bits per heavy atom. The summed E-state index contributed by atoms with van der Waals surface area (Å²) in [5, 5.41) is 5.10. The fourth-order valence-corrected chi connectivity index (χ4v) is 3.50. The van der Waals surface area contributed by atoms with E-state index in [0.29, 0.717) is 27.0 Å². The lowest BCUT2D eigenvalue weighted by molar-refractivity contribution is 0.102. The molecule has 0 aliphatic rings. The average molecular weight is 361 g/mol. The molecule has 2 aromatic carbocycles. The zero-order valence-electron chi connectivity index (χ0n) is 14.0. The minimum Gasteiger partial charge on any atom is -0.439 e. The van der Waals surface area contributed by atoms with E-state index < -0.39 is 0 Å². The molecule has 0 bridgehead atoms. The Kier molecular flexibility index (Phi) is 4.14. The van der Waals surface area contributed by atoms with E-state index >= 15 is 0 Å². The van der Waals surface area contributed by atoms with Crippen molar-refractivity contribution in [3.63, 3.8) is 0 Å². The summed E-state index contributed by atoms with van der Waals surface area (Å²) in [5.74, 6) is -0.130. The molecule has 0 aliphatic carbocycles. The van der Waals surface area contributed by atoms with Crippen molar-refractivity contribution in [3.05, 3.63) is 86.7 Å². The third kappa shape index (κ3) is 2.82. The minimum absolute atomic E-state index is 0.164. The van der Waals surface area contributed by atoms with Crippen molar-refractivity contribution in [3.8, 4) is 11.1 Å².